The van der Waals surface area contributed by atoms with Crippen LogP contribution < -0.4 is 10.5 Å². The van der Waals surface area contributed by atoms with Crippen molar-refractivity contribution in [1.82, 2.24) is 0 Å². The Morgan fingerprint density at radius 2 is 2.29 bits per heavy atom. The Kier molecular flexibility index (Phi) is 4.28. The van der Waals surface area contributed by atoms with E-state index in [0.717, 1.165) is 0 Å². The number of nitro groups is 1. The van der Waals surface area contributed by atoms with Crippen molar-refractivity contribution in [3.63, 3.8) is 0 Å². The predicted molar refractivity (Wildman–Crippen MR) is 63.4 cm³/mol. The summed E-state index contributed by atoms with van der Waals surface area (Å²) in [5, 5.41) is 20.2. The van der Waals surface area contributed by atoms with Gasteiger partial charge in [0.1, 0.15) is 0 Å². The lowest BCUT2D eigenvalue weighted by Gasteiger charge is -2.15. The zero-order valence-electron chi connectivity index (χ0n) is 9.44. The van der Waals surface area contributed by atoms with Gasteiger partial charge in [-0.05, 0) is 13.0 Å². The number of methoxy groups -OCH3 is 1. The molecule has 1 atom stereocenters. The minimum Gasteiger partial charge on any atom is -0.490 e. The molecule has 7 heteroatoms. The summed E-state index contributed by atoms with van der Waals surface area (Å²) in [5.41, 5.74) is 6.05. The van der Waals surface area contributed by atoms with E-state index in [1.807, 2.05) is 0 Å². The van der Waals surface area contributed by atoms with Crippen LogP contribution in [-0.2, 0) is 0 Å². The third-order valence-electron chi connectivity index (χ3n) is 2.46. The molecule has 0 unspecified atom stereocenters. The maximum absolute atomic E-state index is 11.0. The molecule has 0 spiro atoms. The van der Waals surface area contributed by atoms with E-state index in [2.05, 4.69) is 0 Å². The van der Waals surface area contributed by atoms with Gasteiger partial charge in [-0.15, -0.1) is 0 Å². The normalized spacial score (nSPS) is 12.3. The number of nitrogens with two attached hydrogens (primary N) is 1. The highest BCUT2D eigenvalue weighted by molar-refractivity contribution is 6.31. The highest BCUT2D eigenvalue weighted by Gasteiger charge is 2.27. The zero-order chi connectivity index (χ0) is 13.2. The molecule has 0 saturated heterocycles. The Hall–Kier alpha value is -1.37. The average Bonchev–Trinajstić information content (AvgIpc) is 2.30. The summed E-state index contributed by atoms with van der Waals surface area (Å²) in [5.74, 6) is 0.0402. The molecular weight excluding hydrogens is 248 g/mol. The maximum Gasteiger partial charge on any atom is 0.315 e. The van der Waals surface area contributed by atoms with Crippen LogP contribution >= 0.6 is 11.6 Å². The van der Waals surface area contributed by atoms with Crippen LogP contribution in [0.15, 0.2) is 6.07 Å². The second-order valence-electron chi connectivity index (χ2n) is 3.50. The van der Waals surface area contributed by atoms with Gasteiger partial charge in [-0.2, -0.15) is 0 Å². The number of hydrogen-bond acceptors (Lipinski definition) is 5. The summed E-state index contributed by atoms with van der Waals surface area (Å²) >= 11 is 5.90. The molecule has 0 aromatic heterocycles. The van der Waals surface area contributed by atoms with Crippen molar-refractivity contribution in [3.8, 4) is 5.75 Å². The fraction of sp³-hybridized carbons (Fsp3) is 0.400. The number of hydrogen-bond donors (Lipinski definition) is 2. The van der Waals surface area contributed by atoms with Crippen LogP contribution in [-0.4, -0.2) is 23.7 Å². The number of aliphatic hydroxyl groups is 1. The van der Waals surface area contributed by atoms with E-state index in [4.69, 9.17) is 27.2 Å². The molecule has 0 heterocycles. The van der Waals surface area contributed by atoms with Crippen molar-refractivity contribution in [2.24, 2.45) is 5.73 Å². The number of benzene rings is 1. The summed E-state index contributed by atoms with van der Waals surface area (Å²) in [7, 11) is 1.31. The van der Waals surface area contributed by atoms with Gasteiger partial charge in [-0.25, -0.2) is 0 Å². The summed E-state index contributed by atoms with van der Waals surface area (Å²) < 4.78 is 5.01. The van der Waals surface area contributed by atoms with Gasteiger partial charge in [-0.3, -0.25) is 10.1 Å². The monoisotopic (exact) mass is 260 g/mol. The van der Waals surface area contributed by atoms with Crippen LogP contribution in [0.25, 0.3) is 0 Å². The Bertz CT molecular complexity index is 450. The van der Waals surface area contributed by atoms with Crippen LogP contribution in [0, 0.1) is 17.0 Å². The van der Waals surface area contributed by atoms with Gasteiger partial charge in [0.15, 0.2) is 0 Å². The van der Waals surface area contributed by atoms with E-state index in [0.29, 0.717) is 11.1 Å². The first-order valence-corrected chi connectivity index (χ1v) is 5.19. The van der Waals surface area contributed by atoms with E-state index in [1.54, 1.807) is 0 Å². The fourth-order valence-electron chi connectivity index (χ4n) is 1.54. The van der Waals surface area contributed by atoms with Crippen LogP contribution in [0.2, 0.25) is 5.02 Å². The van der Waals surface area contributed by atoms with E-state index in [9.17, 15) is 10.1 Å². The van der Waals surface area contributed by atoms with Crippen LogP contribution in [0.3, 0.4) is 0 Å². The lowest BCUT2D eigenvalue weighted by atomic mass is 10.0. The summed E-state index contributed by atoms with van der Waals surface area (Å²) in [6.07, 6.45) is 0. The third kappa shape index (κ3) is 2.49. The molecule has 1 aromatic carbocycles. The molecule has 0 fully saturated rings. The van der Waals surface area contributed by atoms with Gasteiger partial charge in [0.25, 0.3) is 0 Å². The molecule has 0 amide bonds. The molecule has 0 saturated carbocycles. The van der Waals surface area contributed by atoms with Crippen LogP contribution in [0.5, 0.6) is 5.75 Å². The van der Waals surface area contributed by atoms with Crippen LogP contribution in [0.4, 0.5) is 5.69 Å². The van der Waals surface area contributed by atoms with Gasteiger partial charge in [-0.1, -0.05) is 11.6 Å². The second-order valence-corrected chi connectivity index (χ2v) is 3.91. The fourth-order valence-corrected chi connectivity index (χ4v) is 1.75. The number of halogens is 1. The molecule has 17 heavy (non-hydrogen) atoms. The first-order chi connectivity index (χ1) is 7.93. The molecular formula is C10H13ClN2O4. The largest absolute Gasteiger partial charge is 0.490 e. The highest BCUT2D eigenvalue weighted by Crippen LogP contribution is 2.40. The average molecular weight is 261 g/mol. The van der Waals surface area contributed by atoms with Gasteiger partial charge in [0, 0.05) is 11.1 Å². The van der Waals surface area contributed by atoms with Gasteiger partial charge in [0.2, 0.25) is 5.75 Å². The second kappa shape index (κ2) is 5.31. The van der Waals surface area contributed by atoms with Crippen LogP contribution in [0.1, 0.15) is 17.2 Å². The Balaban J connectivity index is 3.57. The van der Waals surface area contributed by atoms with Gasteiger partial charge >= 0.3 is 5.69 Å². The molecule has 1 aromatic rings. The molecule has 0 bridgehead atoms. The summed E-state index contributed by atoms with van der Waals surface area (Å²) in [6.45, 7) is 1.17. The molecule has 6 nitrogen and oxygen atoms in total. The van der Waals surface area contributed by atoms with E-state index in [1.165, 1.54) is 20.1 Å². The Labute approximate surface area is 103 Å². The van der Waals surface area contributed by atoms with Gasteiger partial charge in [0.05, 0.1) is 29.7 Å². The summed E-state index contributed by atoms with van der Waals surface area (Å²) in [6, 6.07) is 0.700. The van der Waals surface area contributed by atoms with Crippen molar-refractivity contribution in [2.75, 3.05) is 13.7 Å². The molecule has 0 aliphatic rings. The summed E-state index contributed by atoms with van der Waals surface area (Å²) in [4.78, 5) is 10.4. The zero-order valence-corrected chi connectivity index (χ0v) is 10.2. The van der Waals surface area contributed by atoms with E-state index in [-0.39, 0.29) is 23.1 Å². The molecule has 1 rings (SSSR count). The SMILES string of the molecule is COc1c([C@H](N)CO)cc(Cl)c(C)c1[N+](=O)[O-]. The van der Waals surface area contributed by atoms with Crippen molar-refractivity contribution >= 4 is 17.3 Å². The number of ether oxygens (including phenoxy) is 1. The molecule has 94 valence electrons. The number of rotatable bonds is 4. The first kappa shape index (κ1) is 13.7. The van der Waals surface area contributed by atoms with Gasteiger partial charge < -0.3 is 15.6 Å². The minimum absolute atomic E-state index is 0.0402. The highest BCUT2D eigenvalue weighted by atomic mass is 35.5. The standard InChI is InChI=1S/C10H13ClN2O4/c1-5-7(11)3-6(8(12)4-14)10(17-2)9(5)13(15)16/h3,8,14H,4,12H2,1-2H3/t8-/m1/s1. The minimum atomic E-state index is -0.776. The smallest absolute Gasteiger partial charge is 0.315 e. The number of nitro benzene ring substituents is 1. The lowest BCUT2D eigenvalue weighted by Crippen LogP contribution is -2.16. The Morgan fingerprint density at radius 3 is 2.71 bits per heavy atom. The van der Waals surface area contributed by atoms with Crippen molar-refractivity contribution < 1.29 is 14.8 Å². The van der Waals surface area contributed by atoms with Crippen molar-refractivity contribution in [2.45, 2.75) is 13.0 Å². The Morgan fingerprint density at radius 1 is 1.71 bits per heavy atom. The number of aliphatic hydroxyl groups excluding tert-OH is 1. The van der Waals surface area contributed by atoms with Crippen molar-refractivity contribution in [3.05, 3.63) is 32.3 Å². The lowest BCUT2D eigenvalue weighted by molar-refractivity contribution is -0.386. The van der Waals surface area contributed by atoms with Crippen molar-refractivity contribution in [1.29, 1.82) is 0 Å². The number of nitrogens with zero attached hydrogens (tertiary/aromatic N) is 1. The first-order valence-electron chi connectivity index (χ1n) is 4.81. The molecule has 0 aliphatic carbocycles. The molecule has 0 aliphatic heterocycles. The molecule has 0 radical (unpaired) electrons. The van der Waals surface area contributed by atoms with E-state index >= 15 is 0 Å². The van der Waals surface area contributed by atoms with E-state index < -0.39 is 11.0 Å². The third-order valence-corrected chi connectivity index (χ3v) is 2.85. The molecule has 3 N–H and O–H groups in total. The quantitative estimate of drug-likeness (QED) is 0.632. The maximum atomic E-state index is 11.0. The topological polar surface area (TPSA) is 98.6 Å². The predicted octanol–water partition coefficient (Wildman–Crippen LogP) is 1.56.